The predicted octanol–water partition coefficient (Wildman–Crippen LogP) is 5.45. The van der Waals surface area contributed by atoms with Crippen molar-refractivity contribution < 1.29 is 23.3 Å². The molecule has 0 bridgehead atoms. The molecule has 1 saturated heterocycles. The van der Waals surface area contributed by atoms with Crippen LogP contribution < -0.4 is 19.0 Å². The fourth-order valence-corrected chi connectivity index (χ4v) is 4.77. The molecule has 6 nitrogen and oxygen atoms in total. The van der Waals surface area contributed by atoms with Gasteiger partial charge in [0.25, 0.3) is 0 Å². The van der Waals surface area contributed by atoms with E-state index in [1.54, 1.807) is 27.4 Å². The monoisotopic (exact) mass is 478 g/mol. The Balaban J connectivity index is 1.85. The first-order chi connectivity index (χ1) is 15.5. The van der Waals surface area contributed by atoms with Crippen LogP contribution in [0.15, 0.2) is 40.7 Å². The summed E-state index contributed by atoms with van der Waals surface area (Å²) in [6.45, 7) is 1.38. The molecule has 1 aliphatic heterocycles. The highest BCUT2D eigenvalue weighted by Crippen LogP contribution is 2.41. The standard InChI is InChI=1S/C23H24ClFN2O4S/c1-28-20-9-14(10-21(29-2)22(20)30-3)19-13-32-23(27(19)12-16-5-4-8-31-16)26-15-6-7-17(24)18(25)11-15/h6-7,9-11,13,16H,4-5,8,12H2,1-3H3. The van der Waals surface area contributed by atoms with Gasteiger partial charge in [-0.15, -0.1) is 11.3 Å². The second-order valence-corrected chi connectivity index (χ2v) is 8.52. The summed E-state index contributed by atoms with van der Waals surface area (Å²) < 4.78 is 38.4. The Labute approximate surface area is 194 Å². The minimum absolute atomic E-state index is 0.0699. The van der Waals surface area contributed by atoms with E-state index in [1.807, 2.05) is 17.5 Å². The van der Waals surface area contributed by atoms with Crippen LogP contribution in [0.4, 0.5) is 10.1 Å². The second-order valence-electron chi connectivity index (χ2n) is 7.27. The van der Waals surface area contributed by atoms with E-state index in [4.69, 9.17) is 35.5 Å². The lowest BCUT2D eigenvalue weighted by molar-refractivity contribution is 0.0968. The Morgan fingerprint density at radius 1 is 1.16 bits per heavy atom. The Morgan fingerprint density at radius 3 is 2.50 bits per heavy atom. The summed E-state index contributed by atoms with van der Waals surface area (Å²) in [4.78, 5) is 5.42. The van der Waals surface area contributed by atoms with E-state index in [-0.39, 0.29) is 11.1 Å². The molecule has 32 heavy (non-hydrogen) atoms. The van der Waals surface area contributed by atoms with Crippen LogP contribution in [-0.2, 0) is 11.3 Å². The fourth-order valence-electron chi connectivity index (χ4n) is 3.71. The van der Waals surface area contributed by atoms with Crippen molar-refractivity contribution in [2.75, 3.05) is 27.9 Å². The first kappa shape index (κ1) is 22.6. The van der Waals surface area contributed by atoms with Crippen molar-refractivity contribution in [1.29, 1.82) is 0 Å². The van der Waals surface area contributed by atoms with Gasteiger partial charge in [0.1, 0.15) is 5.82 Å². The Hall–Kier alpha value is -2.55. The van der Waals surface area contributed by atoms with Gasteiger partial charge in [-0.05, 0) is 37.1 Å². The number of methoxy groups -OCH3 is 3. The van der Waals surface area contributed by atoms with Gasteiger partial charge >= 0.3 is 0 Å². The normalized spacial score (nSPS) is 16.4. The minimum Gasteiger partial charge on any atom is -0.493 e. The van der Waals surface area contributed by atoms with Crippen molar-refractivity contribution in [2.24, 2.45) is 4.99 Å². The van der Waals surface area contributed by atoms with Gasteiger partial charge in [0.15, 0.2) is 16.3 Å². The molecule has 2 heterocycles. The third-order valence-corrected chi connectivity index (χ3v) is 6.47. The molecule has 1 aromatic heterocycles. The summed E-state index contributed by atoms with van der Waals surface area (Å²) in [6.07, 6.45) is 2.10. The average Bonchev–Trinajstić information content (AvgIpc) is 3.46. The zero-order valence-corrected chi connectivity index (χ0v) is 19.6. The summed E-state index contributed by atoms with van der Waals surface area (Å²) in [5.74, 6) is 1.16. The molecule has 4 rings (SSSR count). The summed E-state index contributed by atoms with van der Waals surface area (Å²) in [5, 5.41) is 2.08. The summed E-state index contributed by atoms with van der Waals surface area (Å²) in [5.41, 5.74) is 2.31. The first-order valence-electron chi connectivity index (χ1n) is 10.1. The Morgan fingerprint density at radius 2 is 1.91 bits per heavy atom. The summed E-state index contributed by atoms with van der Waals surface area (Å²) in [6, 6.07) is 8.34. The number of hydrogen-bond donors (Lipinski definition) is 0. The molecular formula is C23H24ClFN2O4S. The van der Waals surface area contributed by atoms with Crippen LogP contribution in [0, 0.1) is 5.82 Å². The molecule has 170 valence electrons. The van der Waals surface area contributed by atoms with Gasteiger partial charge in [-0.3, -0.25) is 0 Å². The fraction of sp³-hybridized carbons (Fsp3) is 0.348. The van der Waals surface area contributed by atoms with Crippen molar-refractivity contribution in [3.05, 3.63) is 51.4 Å². The van der Waals surface area contributed by atoms with Crippen molar-refractivity contribution in [3.63, 3.8) is 0 Å². The lowest BCUT2D eigenvalue weighted by atomic mass is 10.1. The van der Waals surface area contributed by atoms with Crippen molar-refractivity contribution in [2.45, 2.75) is 25.5 Å². The molecule has 0 amide bonds. The SMILES string of the molecule is COc1cc(-c2csc(=Nc3ccc(Cl)c(F)c3)n2CC2CCCO2)cc(OC)c1OC. The predicted molar refractivity (Wildman–Crippen MR) is 123 cm³/mol. The topological polar surface area (TPSA) is 54.2 Å². The minimum atomic E-state index is -0.500. The van der Waals surface area contributed by atoms with Gasteiger partial charge in [-0.25, -0.2) is 9.38 Å². The number of hydrogen-bond acceptors (Lipinski definition) is 6. The quantitative estimate of drug-likeness (QED) is 0.453. The molecule has 1 fully saturated rings. The van der Waals surface area contributed by atoms with Crippen LogP contribution in [0.1, 0.15) is 12.8 Å². The molecule has 2 aromatic carbocycles. The Kier molecular flexibility index (Phi) is 7.03. The molecule has 0 N–H and O–H groups in total. The molecular weight excluding hydrogens is 455 g/mol. The van der Waals surface area contributed by atoms with Crippen LogP contribution >= 0.6 is 22.9 Å². The third kappa shape index (κ3) is 4.62. The van der Waals surface area contributed by atoms with Gasteiger partial charge in [0.05, 0.1) is 50.4 Å². The van der Waals surface area contributed by atoms with Gasteiger partial charge in [0.2, 0.25) is 5.75 Å². The van der Waals surface area contributed by atoms with Gasteiger partial charge < -0.3 is 23.5 Å². The van der Waals surface area contributed by atoms with Crippen molar-refractivity contribution in [1.82, 2.24) is 4.57 Å². The lowest BCUT2D eigenvalue weighted by Crippen LogP contribution is -2.24. The zero-order valence-electron chi connectivity index (χ0n) is 18.1. The van der Waals surface area contributed by atoms with E-state index in [9.17, 15) is 4.39 Å². The molecule has 0 radical (unpaired) electrons. The molecule has 1 atom stereocenters. The van der Waals surface area contributed by atoms with Crippen LogP contribution in [0.2, 0.25) is 5.02 Å². The Bertz CT molecular complexity index is 1150. The maximum atomic E-state index is 14.0. The zero-order chi connectivity index (χ0) is 22.7. The summed E-state index contributed by atoms with van der Waals surface area (Å²) in [7, 11) is 4.75. The molecule has 3 aromatic rings. The highest BCUT2D eigenvalue weighted by Gasteiger charge is 2.21. The van der Waals surface area contributed by atoms with E-state index in [0.29, 0.717) is 29.5 Å². The van der Waals surface area contributed by atoms with E-state index in [2.05, 4.69) is 4.57 Å². The maximum Gasteiger partial charge on any atom is 0.203 e. The number of nitrogens with zero attached hydrogens (tertiary/aromatic N) is 2. The van der Waals surface area contributed by atoms with Gasteiger partial charge in [-0.2, -0.15) is 0 Å². The van der Waals surface area contributed by atoms with Crippen LogP contribution in [-0.4, -0.2) is 38.6 Å². The molecule has 1 aliphatic rings. The van der Waals surface area contributed by atoms with Gasteiger partial charge in [0, 0.05) is 23.6 Å². The number of thiazole rings is 1. The van der Waals surface area contributed by atoms with E-state index in [0.717, 1.165) is 35.5 Å². The first-order valence-corrected chi connectivity index (χ1v) is 11.4. The van der Waals surface area contributed by atoms with Crippen LogP contribution in [0.25, 0.3) is 11.3 Å². The third-order valence-electron chi connectivity index (χ3n) is 5.30. The smallest absolute Gasteiger partial charge is 0.203 e. The largest absolute Gasteiger partial charge is 0.493 e. The summed E-state index contributed by atoms with van der Waals surface area (Å²) >= 11 is 7.29. The average molecular weight is 479 g/mol. The van der Waals surface area contributed by atoms with E-state index in [1.165, 1.54) is 23.5 Å². The maximum absolute atomic E-state index is 14.0. The van der Waals surface area contributed by atoms with Crippen LogP contribution in [0.3, 0.4) is 0 Å². The van der Waals surface area contributed by atoms with Gasteiger partial charge in [-0.1, -0.05) is 11.6 Å². The van der Waals surface area contributed by atoms with Crippen molar-refractivity contribution >= 4 is 28.6 Å². The number of ether oxygens (including phenoxy) is 4. The number of rotatable bonds is 7. The van der Waals surface area contributed by atoms with E-state index >= 15 is 0 Å². The van der Waals surface area contributed by atoms with Crippen molar-refractivity contribution in [3.8, 4) is 28.5 Å². The second kappa shape index (κ2) is 9.94. The number of benzene rings is 2. The lowest BCUT2D eigenvalue weighted by Gasteiger charge is -2.17. The molecule has 0 saturated carbocycles. The molecule has 0 spiro atoms. The molecule has 9 heteroatoms. The number of halogens is 2. The van der Waals surface area contributed by atoms with Crippen LogP contribution in [0.5, 0.6) is 17.2 Å². The highest BCUT2D eigenvalue weighted by atomic mass is 35.5. The molecule has 0 aliphatic carbocycles. The number of aromatic nitrogens is 1. The van der Waals surface area contributed by atoms with E-state index < -0.39 is 5.82 Å². The highest BCUT2D eigenvalue weighted by molar-refractivity contribution is 7.07. The molecule has 1 unspecified atom stereocenters.